The van der Waals surface area contributed by atoms with Crippen molar-refractivity contribution in [1.82, 2.24) is 3.97 Å². The Bertz CT molecular complexity index is 745. The van der Waals surface area contributed by atoms with Gasteiger partial charge in [0.15, 0.2) is 5.75 Å². The van der Waals surface area contributed by atoms with E-state index in [4.69, 9.17) is 4.74 Å². The minimum atomic E-state index is -3.89. The van der Waals surface area contributed by atoms with Gasteiger partial charge in [-0.25, -0.2) is 12.4 Å². The van der Waals surface area contributed by atoms with Crippen molar-refractivity contribution in [2.75, 3.05) is 7.11 Å². The fourth-order valence-electron chi connectivity index (χ4n) is 1.62. The first-order valence-corrected chi connectivity index (χ1v) is 6.99. The quantitative estimate of drug-likeness (QED) is 0.852. The lowest BCUT2D eigenvalue weighted by Gasteiger charge is -2.09. The number of methoxy groups -OCH3 is 1. The zero-order valence-electron chi connectivity index (χ0n) is 10.5. The second-order valence-corrected chi connectivity index (χ2v) is 5.81. The number of nitrogens with zero attached hydrogens (tertiary/aromatic N) is 1. The summed E-state index contributed by atoms with van der Waals surface area (Å²) in [4.78, 5) is 12.0. The number of aryl methyl sites for hydroxylation is 1. The van der Waals surface area contributed by atoms with Crippen LogP contribution >= 0.6 is 0 Å². The zero-order chi connectivity index (χ0) is 14.0. The van der Waals surface area contributed by atoms with Gasteiger partial charge in [0, 0.05) is 6.20 Å². The van der Waals surface area contributed by atoms with Gasteiger partial charge in [0.2, 0.25) is 0 Å². The Morgan fingerprint density at radius 3 is 2.32 bits per heavy atom. The maximum Gasteiger partial charge on any atom is 0.306 e. The largest absolute Gasteiger partial charge is 0.491 e. The fraction of sp³-hybridized carbons (Fsp3) is 0.154. The monoisotopic (exact) mass is 279 g/mol. The van der Waals surface area contributed by atoms with E-state index in [1.807, 2.05) is 6.92 Å². The van der Waals surface area contributed by atoms with Crippen molar-refractivity contribution < 1.29 is 13.2 Å². The molecule has 0 saturated heterocycles. The molecule has 2 rings (SSSR count). The smallest absolute Gasteiger partial charge is 0.306 e. The van der Waals surface area contributed by atoms with Gasteiger partial charge in [-0.3, -0.25) is 4.79 Å². The van der Waals surface area contributed by atoms with Crippen molar-refractivity contribution in [3.63, 3.8) is 0 Å². The molecule has 1 aromatic carbocycles. The number of rotatable bonds is 3. The van der Waals surface area contributed by atoms with Crippen molar-refractivity contribution in [3.05, 3.63) is 58.5 Å². The van der Waals surface area contributed by atoms with Crippen LogP contribution in [0.15, 0.2) is 52.3 Å². The molecule has 0 aliphatic heterocycles. The first kappa shape index (κ1) is 13.4. The van der Waals surface area contributed by atoms with Crippen LogP contribution in [0.4, 0.5) is 0 Å². The highest BCUT2D eigenvalue weighted by Crippen LogP contribution is 2.14. The van der Waals surface area contributed by atoms with Crippen LogP contribution in [0.2, 0.25) is 0 Å². The van der Waals surface area contributed by atoms with Crippen LogP contribution < -0.4 is 10.3 Å². The highest BCUT2D eigenvalue weighted by atomic mass is 32.2. The van der Waals surface area contributed by atoms with E-state index in [9.17, 15) is 13.2 Å². The second-order valence-electron chi connectivity index (χ2n) is 4.00. The predicted molar refractivity (Wildman–Crippen MR) is 71.0 cm³/mol. The van der Waals surface area contributed by atoms with Crippen LogP contribution in [0.25, 0.3) is 0 Å². The van der Waals surface area contributed by atoms with Crippen molar-refractivity contribution in [1.29, 1.82) is 0 Å². The molecule has 5 nitrogen and oxygen atoms in total. The van der Waals surface area contributed by atoms with Crippen molar-refractivity contribution >= 4 is 10.0 Å². The molecule has 1 heterocycles. The number of hydrogen-bond donors (Lipinski definition) is 0. The Balaban J connectivity index is 2.64. The Labute approximate surface area is 111 Å². The van der Waals surface area contributed by atoms with Crippen molar-refractivity contribution in [2.24, 2.45) is 0 Å². The summed E-state index contributed by atoms with van der Waals surface area (Å²) in [7, 11) is -2.58. The summed E-state index contributed by atoms with van der Waals surface area (Å²) in [5.74, 6) is -0.0156. The molecule has 0 spiro atoms. The topological polar surface area (TPSA) is 65.4 Å². The normalized spacial score (nSPS) is 11.3. The van der Waals surface area contributed by atoms with Crippen LogP contribution in [0.1, 0.15) is 5.56 Å². The molecule has 100 valence electrons. The minimum Gasteiger partial charge on any atom is -0.491 e. The Morgan fingerprint density at radius 1 is 1.11 bits per heavy atom. The van der Waals surface area contributed by atoms with E-state index in [-0.39, 0.29) is 10.6 Å². The number of benzene rings is 1. The van der Waals surface area contributed by atoms with Gasteiger partial charge in [0.05, 0.1) is 12.0 Å². The summed E-state index contributed by atoms with van der Waals surface area (Å²) in [5.41, 5.74) is 0.238. The van der Waals surface area contributed by atoms with Gasteiger partial charge in [-0.1, -0.05) is 17.7 Å². The molecule has 2 aromatic rings. The van der Waals surface area contributed by atoms with Crippen LogP contribution in [0, 0.1) is 6.92 Å². The third-order valence-corrected chi connectivity index (χ3v) is 4.35. The molecule has 0 N–H and O–H groups in total. The molecular weight excluding hydrogens is 266 g/mol. The van der Waals surface area contributed by atoms with Gasteiger partial charge in [0.25, 0.3) is 10.0 Å². The molecule has 0 atom stereocenters. The predicted octanol–water partition coefficient (Wildman–Crippen LogP) is 1.40. The van der Waals surface area contributed by atoms with E-state index in [0.29, 0.717) is 3.97 Å². The fourth-order valence-corrected chi connectivity index (χ4v) is 2.87. The van der Waals surface area contributed by atoms with E-state index >= 15 is 0 Å². The summed E-state index contributed by atoms with van der Waals surface area (Å²) < 4.78 is 30.2. The number of ether oxygens (including phenoxy) is 1. The second kappa shape index (κ2) is 4.89. The lowest BCUT2D eigenvalue weighted by atomic mass is 10.2. The Hall–Kier alpha value is -2.08. The molecule has 0 saturated carbocycles. The first-order chi connectivity index (χ1) is 8.96. The van der Waals surface area contributed by atoms with E-state index in [1.165, 1.54) is 37.6 Å². The highest BCUT2D eigenvalue weighted by Gasteiger charge is 2.19. The van der Waals surface area contributed by atoms with Crippen LogP contribution in [0.5, 0.6) is 5.75 Å². The molecule has 0 radical (unpaired) electrons. The number of hydrogen-bond acceptors (Lipinski definition) is 4. The Kier molecular flexibility index (Phi) is 3.44. The highest BCUT2D eigenvalue weighted by molar-refractivity contribution is 7.90. The summed E-state index contributed by atoms with van der Waals surface area (Å²) >= 11 is 0. The average Bonchev–Trinajstić information content (AvgIpc) is 2.39. The maximum atomic E-state index is 12.3. The van der Waals surface area contributed by atoms with Gasteiger partial charge < -0.3 is 4.74 Å². The Morgan fingerprint density at radius 2 is 1.74 bits per heavy atom. The number of pyridine rings is 1. The lowest BCUT2D eigenvalue weighted by molar-refractivity contribution is 0.407. The standard InChI is InChI=1S/C13H13NO4S/c1-10-5-7-11(8-6-10)19(16,17)14-9-3-4-12(18-2)13(14)15/h3-9H,1-2H3. The van der Waals surface area contributed by atoms with E-state index < -0.39 is 15.6 Å². The van der Waals surface area contributed by atoms with Gasteiger partial charge in [0.1, 0.15) is 0 Å². The van der Waals surface area contributed by atoms with E-state index in [2.05, 4.69) is 0 Å². The molecular formula is C13H13NO4S. The van der Waals surface area contributed by atoms with Crippen molar-refractivity contribution in [2.45, 2.75) is 11.8 Å². The van der Waals surface area contributed by atoms with Gasteiger partial charge in [-0.05, 0) is 31.2 Å². The SMILES string of the molecule is COc1cccn(S(=O)(=O)c2ccc(C)cc2)c1=O. The maximum absolute atomic E-state index is 12.3. The molecule has 0 fully saturated rings. The van der Waals surface area contributed by atoms with Gasteiger partial charge >= 0.3 is 5.56 Å². The summed E-state index contributed by atoms with van der Waals surface area (Å²) in [6.45, 7) is 1.86. The summed E-state index contributed by atoms with van der Waals surface area (Å²) in [5, 5.41) is 0. The van der Waals surface area contributed by atoms with E-state index in [1.54, 1.807) is 12.1 Å². The van der Waals surface area contributed by atoms with Gasteiger partial charge in [-0.15, -0.1) is 0 Å². The van der Waals surface area contributed by atoms with Crippen LogP contribution in [0.3, 0.4) is 0 Å². The molecule has 1 aromatic heterocycles. The lowest BCUT2D eigenvalue weighted by Crippen LogP contribution is -2.27. The van der Waals surface area contributed by atoms with Gasteiger partial charge in [-0.2, -0.15) is 0 Å². The molecule has 0 bridgehead atoms. The third kappa shape index (κ3) is 2.39. The third-order valence-electron chi connectivity index (χ3n) is 2.68. The van der Waals surface area contributed by atoms with E-state index in [0.717, 1.165) is 5.56 Å². The van der Waals surface area contributed by atoms with Crippen molar-refractivity contribution in [3.8, 4) is 5.75 Å². The molecule has 6 heteroatoms. The molecule has 0 aliphatic rings. The zero-order valence-corrected chi connectivity index (χ0v) is 11.3. The molecule has 0 aliphatic carbocycles. The summed E-state index contributed by atoms with van der Waals surface area (Å²) in [6.07, 6.45) is 1.21. The number of aromatic nitrogens is 1. The average molecular weight is 279 g/mol. The summed E-state index contributed by atoms with van der Waals surface area (Å²) in [6, 6.07) is 9.17. The molecule has 0 amide bonds. The molecule has 0 unspecified atom stereocenters. The van der Waals surface area contributed by atoms with Crippen LogP contribution in [-0.4, -0.2) is 19.5 Å². The first-order valence-electron chi connectivity index (χ1n) is 5.55. The van der Waals surface area contributed by atoms with Crippen LogP contribution in [-0.2, 0) is 10.0 Å². The minimum absolute atomic E-state index is 0.0156. The molecule has 19 heavy (non-hydrogen) atoms.